The van der Waals surface area contributed by atoms with Gasteiger partial charge in [-0.1, -0.05) is 23.7 Å². The number of rotatable bonds is 6. The molecule has 5 rings (SSSR count). The number of halogens is 2. The van der Waals surface area contributed by atoms with Gasteiger partial charge >= 0.3 is 6.03 Å². The first-order valence-electron chi connectivity index (χ1n) is 11.9. The lowest BCUT2D eigenvalue weighted by molar-refractivity contribution is 0.176. The molecule has 2 amide bonds. The van der Waals surface area contributed by atoms with E-state index >= 15 is 0 Å². The van der Waals surface area contributed by atoms with Crippen molar-refractivity contribution < 1.29 is 9.18 Å². The fourth-order valence-electron chi connectivity index (χ4n) is 4.98. The van der Waals surface area contributed by atoms with Crippen molar-refractivity contribution in [1.29, 1.82) is 0 Å². The molecule has 0 N–H and O–H groups in total. The Morgan fingerprint density at radius 3 is 2.50 bits per heavy atom. The smallest absolute Gasteiger partial charge is 0.320 e. The van der Waals surface area contributed by atoms with Crippen LogP contribution in [0.15, 0.2) is 54.7 Å². The van der Waals surface area contributed by atoms with Gasteiger partial charge in [0.05, 0.1) is 5.52 Å². The minimum absolute atomic E-state index is 0.163. The number of hydrogen-bond donors (Lipinski definition) is 0. The average molecular weight is 481 g/mol. The lowest BCUT2D eigenvalue weighted by atomic mass is 9.99. The van der Waals surface area contributed by atoms with Crippen molar-refractivity contribution in [3.63, 3.8) is 0 Å². The number of benzene rings is 2. The molecule has 0 aliphatic carbocycles. The molecule has 3 aromatic rings. The zero-order valence-electron chi connectivity index (χ0n) is 19.7. The third-order valence-corrected chi connectivity index (χ3v) is 7.18. The van der Waals surface area contributed by atoms with Crippen molar-refractivity contribution in [3.8, 4) is 5.69 Å². The molecule has 1 aromatic heterocycles. The van der Waals surface area contributed by atoms with Crippen LogP contribution in [0.1, 0.15) is 25.8 Å². The van der Waals surface area contributed by atoms with E-state index in [1.165, 1.54) is 23.3 Å². The third kappa shape index (κ3) is 4.44. The SMILES string of the molecule is CC(C)N1CCN(CCN2CC=C(c3cn(-c4ccc(F)cc4)c4cc(Cl)ccc34)CC2)C1=O. The van der Waals surface area contributed by atoms with Crippen LogP contribution in [0.4, 0.5) is 9.18 Å². The van der Waals surface area contributed by atoms with E-state index in [2.05, 4.69) is 41.7 Å². The Morgan fingerprint density at radius 2 is 1.82 bits per heavy atom. The number of nitrogens with zero attached hydrogens (tertiary/aromatic N) is 4. The molecule has 3 heterocycles. The normalized spacial score (nSPS) is 17.3. The van der Waals surface area contributed by atoms with Crippen LogP contribution in [0.3, 0.4) is 0 Å². The summed E-state index contributed by atoms with van der Waals surface area (Å²) in [5.74, 6) is -0.249. The Morgan fingerprint density at radius 1 is 1.03 bits per heavy atom. The molecule has 7 heteroatoms. The van der Waals surface area contributed by atoms with Gasteiger partial charge in [0.2, 0.25) is 0 Å². The molecule has 0 spiro atoms. The van der Waals surface area contributed by atoms with E-state index in [-0.39, 0.29) is 17.9 Å². The van der Waals surface area contributed by atoms with Gasteiger partial charge in [0, 0.05) is 73.2 Å². The van der Waals surface area contributed by atoms with Gasteiger partial charge < -0.3 is 14.4 Å². The Hall–Kier alpha value is -2.83. The summed E-state index contributed by atoms with van der Waals surface area (Å²) in [6.45, 7) is 9.25. The standard InChI is InChI=1S/C27H30ClFN4O/c1-19(2)32-16-15-31(27(32)34)14-13-30-11-9-20(10-12-30)25-18-33(23-6-4-22(29)5-7-23)26-17-21(28)3-8-24(25)26/h3-9,17-19H,10-16H2,1-2H3. The van der Waals surface area contributed by atoms with Crippen molar-refractivity contribution in [2.45, 2.75) is 26.3 Å². The molecule has 0 radical (unpaired) electrons. The van der Waals surface area contributed by atoms with Crippen molar-refractivity contribution in [2.24, 2.45) is 0 Å². The molecule has 178 valence electrons. The van der Waals surface area contributed by atoms with Gasteiger partial charge in [0.1, 0.15) is 5.82 Å². The topological polar surface area (TPSA) is 31.7 Å². The summed E-state index contributed by atoms with van der Waals surface area (Å²) >= 11 is 6.32. The summed E-state index contributed by atoms with van der Waals surface area (Å²) < 4.78 is 15.6. The summed E-state index contributed by atoms with van der Waals surface area (Å²) in [6.07, 6.45) is 5.38. The van der Waals surface area contributed by atoms with E-state index in [0.717, 1.165) is 62.3 Å². The van der Waals surface area contributed by atoms with Gasteiger partial charge in [0.25, 0.3) is 0 Å². The van der Waals surface area contributed by atoms with Crippen LogP contribution in [0.2, 0.25) is 5.02 Å². The van der Waals surface area contributed by atoms with Crippen molar-refractivity contribution in [1.82, 2.24) is 19.3 Å². The summed E-state index contributed by atoms with van der Waals surface area (Å²) in [5.41, 5.74) is 4.42. The second kappa shape index (κ2) is 9.43. The van der Waals surface area contributed by atoms with Gasteiger partial charge in [-0.15, -0.1) is 0 Å². The van der Waals surface area contributed by atoms with Gasteiger partial charge in [-0.3, -0.25) is 4.90 Å². The predicted octanol–water partition coefficient (Wildman–Crippen LogP) is 5.66. The highest BCUT2D eigenvalue weighted by Gasteiger charge is 2.30. The second-order valence-electron chi connectivity index (χ2n) is 9.39. The Kier molecular flexibility index (Phi) is 6.36. The maximum Gasteiger partial charge on any atom is 0.320 e. The van der Waals surface area contributed by atoms with E-state index in [9.17, 15) is 9.18 Å². The first kappa shape index (κ1) is 22.9. The number of fused-ring (bicyclic) bond motifs is 1. The number of hydrogen-bond acceptors (Lipinski definition) is 2. The highest BCUT2D eigenvalue weighted by atomic mass is 35.5. The summed E-state index contributed by atoms with van der Waals surface area (Å²) in [7, 11) is 0. The highest BCUT2D eigenvalue weighted by molar-refractivity contribution is 6.31. The van der Waals surface area contributed by atoms with Gasteiger partial charge in [-0.2, -0.15) is 0 Å². The average Bonchev–Trinajstić information content (AvgIpc) is 3.39. The highest BCUT2D eigenvalue weighted by Crippen LogP contribution is 2.34. The molecular weight excluding hydrogens is 451 g/mol. The van der Waals surface area contributed by atoms with Crippen LogP contribution >= 0.6 is 11.6 Å². The monoisotopic (exact) mass is 480 g/mol. The lowest BCUT2D eigenvalue weighted by Crippen LogP contribution is -2.40. The van der Waals surface area contributed by atoms with Crippen LogP contribution in [0, 0.1) is 5.82 Å². The van der Waals surface area contributed by atoms with Crippen LogP contribution < -0.4 is 0 Å². The van der Waals surface area contributed by atoms with Crippen molar-refractivity contribution in [3.05, 3.63) is 71.1 Å². The van der Waals surface area contributed by atoms with Crippen LogP contribution in [0.25, 0.3) is 22.2 Å². The largest absolute Gasteiger partial charge is 0.322 e. The van der Waals surface area contributed by atoms with Crippen LogP contribution in [-0.2, 0) is 0 Å². The fourth-order valence-corrected chi connectivity index (χ4v) is 5.15. The van der Waals surface area contributed by atoms with E-state index in [1.807, 2.05) is 21.9 Å². The van der Waals surface area contributed by atoms with Crippen LogP contribution in [0.5, 0.6) is 0 Å². The zero-order valence-corrected chi connectivity index (χ0v) is 20.4. The zero-order chi connectivity index (χ0) is 23.8. The second-order valence-corrected chi connectivity index (χ2v) is 9.82. The van der Waals surface area contributed by atoms with Crippen molar-refractivity contribution >= 4 is 34.1 Å². The molecule has 1 fully saturated rings. The van der Waals surface area contributed by atoms with Gasteiger partial charge in [0.15, 0.2) is 0 Å². The number of aromatic nitrogens is 1. The molecule has 0 unspecified atom stereocenters. The number of amides is 2. The Balaban J connectivity index is 1.32. The van der Waals surface area contributed by atoms with E-state index in [4.69, 9.17) is 11.6 Å². The number of carbonyl (C=O) groups is 1. The maximum absolute atomic E-state index is 13.5. The molecule has 34 heavy (non-hydrogen) atoms. The quantitative estimate of drug-likeness (QED) is 0.456. The predicted molar refractivity (Wildman–Crippen MR) is 136 cm³/mol. The van der Waals surface area contributed by atoms with Gasteiger partial charge in [-0.05, 0) is 62.2 Å². The molecule has 0 saturated carbocycles. The van der Waals surface area contributed by atoms with Crippen molar-refractivity contribution in [2.75, 3.05) is 39.3 Å². The molecule has 1 saturated heterocycles. The third-order valence-electron chi connectivity index (χ3n) is 6.95. The molecule has 2 aromatic carbocycles. The molecule has 2 aliphatic heterocycles. The van der Waals surface area contributed by atoms with E-state index in [0.29, 0.717) is 5.02 Å². The molecule has 5 nitrogen and oxygen atoms in total. The molecule has 2 aliphatic rings. The summed E-state index contributed by atoms with van der Waals surface area (Å²) in [4.78, 5) is 18.9. The summed E-state index contributed by atoms with van der Waals surface area (Å²) in [6, 6.07) is 12.9. The minimum Gasteiger partial charge on any atom is -0.322 e. The lowest BCUT2D eigenvalue weighted by Gasteiger charge is -2.28. The van der Waals surface area contributed by atoms with Crippen LogP contribution in [-0.4, -0.2) is 70.6 Å². The molecule has 0 bridgehead atoms. The first-order chi connectivity index (χ1) is 16.4. The number of carbonyl (C=O) groups excluding carboxylic acids is 1. The van der Waals surface area contributed by atoms with E-state index < -0.39 is 0 Å². The Bertz CT molecular complexity index is 1230. The molecular formula is C27H30ClFN4O. The molecule has 0 atom stereocenters. The maximum atomic E-state index is 13.5. The Labute approximate surface area is 205 Å². The summed E-state index contributed by atoms with van der Waals surface area (Å²) in [5, 5.41) is 1.82. The van der Waals surface area contributed by atoms with E-state index in [1.54, 1.807) is 12.1 Å². The fraction of sp³-hybridized carbons (Fsp3) is 0.370. The number of urea groups is 1. The van der Waals surface area contributed by atoms with Gasteiger partial charge in [-0.25, -0.2) is 9.18 Å². The minimum atomic E-state index is -0.249. The first-order valence-corrected chi connectivity index (χ1v) is 12.3.